The first-order chi connectivity index (χ1) is 9.21. The molecule has 2 rings (SSSR count). The number of halogens is 4. The maximum absolute atomic E-state index is 12.5. The Morgan fingerprint density at radius 3 is 2.40 bits per heavy atom. The molecule has 1 atom stereocenters. The molecule has 108 valence electrons. The van der Waals surface area contributed by atoms with Crippen molar-refractivity contribution in [1.82, 2.24) is 4.90 Å². The lowest BCUT2D eigenvalue weighted by Crippen LogP contribution is -2.55. The number of alkyl halides is 3. The topological polar surface area (TPSA) is 57.6 Å². The highest BCUT2D eigenvalue weighted by molar-refractivity contribution is 6.34. The van der Waals surface area contributed by atoms with Crippen molar-refractivity contribution in [2.24, 2.45) is 0 Å². The van der Waals surface area contributed by atoms with Crippen LogP contribution in [0.3, 0.4) is 0 Å². The first-order valence-electron chi connectivity index (χ1n) is 5.62. The summed E-state index contributed by atoms with van der Waals surface area (Å²) in [5.41, 5.74) is -1.09. The Hall–Kier alpha value is -1.76. The summed E-state index contributed by atoms with van der Waals surface area (Å²) < 4.78 is 37.4. The second-order valence-electron chi connectivity index (χ2n) is 4.33. The van der Waals surface area contributed by atoms with Gasteiger partial charge in [0.2, 0.25) is 0 Å². The average Bonchev–Trinajstić information content (AvgIpc) is 2.24. The first kappa shape index (κ1) is 14.6. The summed E-state index contributed by atoms with van der Waals surface area (Å²) in [7, 11) is 0. The molecule has 0 aromatic heterocycles. The Kier molecular flexibility index (Phi) is 3.64. The van der Waals surface area contributed by atoms with E-state index in [-0.39, 0.29) is 17.1 Å². The van der Waals surface area contributed by atoms with Crippen LogP contribution in [0, 0.1) is 0 Å². The van der Waals surface area contributed by atoms with Crippen LogP contribution in [0.4, 0.5) is 13.2 Å². The van der Waals surface area contributed by atoms with Gasteiger partial charge in [-0.15, -0.1) is 0 Å². The van der Waals surface area contributed by atoms with E-state index in [0.717, 1.165) is 17.0 Å². The number of carbonyl (C=O) groups excluding carboxylic acids is 1. The zero-order valence-electron chi connectivity index (χ0n) is 9.95. The highest BCUT2D eigenvalue weighted by atomic mass is 35.5. The summed E-state index contributed by atoms with van der Waals surface area (Å²) in [6.45, 7) is 0.243. The van der Waals surface area contributed by atoms with Gasteiger partial charge in [-0.1, -0.05) is 11.6 Å². The third-order valence-corrected chi connectivity index (χ3v) is 3.41. The van der Waals surface area contributed by atoms with Gasteiger partial charge in [0.1, 0.15) is 6.04 Å². The molecule has 1 N–H and O–H groups in total. The van der Waals surface area contributed by atoms with E-state index in [2.05, 4.69) is 0 Å². The Labute approximate surface area is 116 Å². The van der Waals surface area contributed by atoms with Gasteiger partial charge in [-0.05, 0) is 24.6 Å². The Morgan fingerprint density at radius 1 is 1.35 bits per heavy atom. The predicted octanol–water partition coefficient (Wildman–Crippen LogP) is 2.66. The van der Waals surface area contributed by atoms with Crippen LogP contribution in [-0.4, -0.2) is 34.5 Å². The second kappa shape index (κ2) is 4.97. The number of benzene rings is 1. The molecule has 0 saturated carbocycles. The van der Waals surface area contributed by atoms with Crippen molar-refractivity contribution >= 4 is 23.5 Å². The molecule has 1 saturated heterocycles. The van der Waals surface area contributed by atoms with E-state index in [0.29, 0.717) is 12.5 Å². The summed E-state index contributed by atoms with van der Waals surface area (Å²) >= 11 is 5.69. The normalized spacial score (nSPS) is 18.6. The molecule has 1 aliphatic rings. The zero-order chi connectivity index (χ0) is 15.1. The molecule has 1 aliphatic heterocycles. The van der Waals surface area contributed by atoms with Crippen molar-refractivity contribution in [2.45, 2.75) is 18.6 Å². The van der Waals surface area contributed by atoms with Crippen molar-refractivity contribution < 1.29 is 27.9 Å². The second-order valence-corrected chi connectivity index (χ2v) is 4.74. The number of rotatable bonds is 2. The number of carboxylic acids is 1. The summed E-state index contributed by atoms with van der Waals surface area (Å²) in [6, 6.07) is 1.42. The largest absolute Gasteiger partial charge is 0.480 e. The van der Waals surface area contributed by atoms with Gasteiger partial charge in [0.05, 0.1) is 16.1 Å². The molecule has 4 nitrogen and oxygen atoms in total. The molecular formula is C12H9ClF3NO3. The molecule has 0 bridgehead atoms. The minimum absolute atomic E-state index is 0.134. The van der Waals surface area contributed by atoms with Crippen LogP contribution in [0.5, 0.6) is 0 Å². The van der Waals surface area contributed by atoms with Crippen LogP contribution in [0.2, 0.25) is 5.02 Å². The quantitative estimate of drug-likeness (QED) is 0.914. The van der Waals surface area contributed by atoms with E-state index >= 15 is 0 Å². The number of carboxylic acid groups (broad SMARTS) is 1. The SMILES string of the molecule is O=C(O)C1CCN1C(=O)c1ccc(C(F)(F)F)cc1Cl. The van der Waals surface area contributed by atoms with Gasteiger partial charge >= 0.3 is 12.1 Å². The van der Waals surface area contributed by atoms with Crippen LogP contribution in [0.25, 0.3) is 0 Å². The van der Waals surface area contributed by atoms with E-state index in [9.17, 15) is 22.8 Å². The maximum atomic E-state index is 12.5. The minimum atomic E-state index is -4.55. The van der Waals surface area contributed by atoms with Crippen molar-refractivity contribution in [1.29, 1.82) is 0 Å². The third-order valence-electron chi connectivity index (χ3n) is 3.09. The fourth-order valence-electron chi connectivity index (χ4n) is 1.91. The van der Waals surface area contributed by atoms with Crippen molar-refractivity contribution in [3.05, 3.63) is 34.3 Å². The van der Waals surface area contributed by atoms with Gasteiger partial charge in [0.25, 0.3) is 5.91 Å². The number of aliphatic carboxylic acids is 1. The van der Waals surface area contributed by atoms with E-state index in [1.54, 1.807) is 0 Å². The van der Waals surface area contributed by atoms with E-state index < -0.39 is 29.7 Å². The van der Waals surface area contributed by atoms with Gasteiger partial charge in [-0.25, -0.2) is 4.79 Å². The molecule has 1 aromatic carbocycles. The monoisotopic (exact) mass is 307 g/mol. The lowest BCUT2D eigenvalue weighted by atomic mass is 10.0. The fraction of sp³-hybridized carbons (Fsp3) is 0.333. The number of hydrogen-bond acceptors (Lipinski definition) is 2. The number of nitrogens with zero attached hydrogens (tertiary/aromatic N) is 1. The van der Waals surface area contributed by atoms with Crippen LogP contribution < -0.4 is 0 Å². The number of hydrogen-bond donors (Lipinski definition) is 1. The minimum Gasteiger partial charge on any atom is -0.480 e. The van der Waals surface area contributed by atoms with Gasteiger partial charge in [-0.3, -0.25) is 4.79 Å². The van der Waals surface area contributed by atoms with Crippen molar-refractivity contribution in [2.75, 3.05) is 6.54 Å². The Bertz CT molecular complexity index is 574. The highest BCUT2D eigenvalue weighted by Crippen LogP contribution is 2.33. The lowest BCUT2D eigenvalue weighted by molar-refractivity contribution is -0.146. The zero-order valence-corrected chi connectivity index (χ0v) is 10.7. The summed E-state index contributed by atoms with van der Waals surface area (Å²) in [6.07, 6.45) is -4.23. The number of amides is 1. The van der Waals surface area contributed by atoms with Crippen molar-refractivity contribution in [3.63, 3.8) is 0 Å². The highest BCUT2D eigenvalue weighted by Gasteiger charge is 2.39. The smallest absolute Gasteiger partial charge is 0.416 e. The van der Waals surface area contributed by atoms with E-state index in [1.165, 1.54) is 0 Å². The van der Waals surface area contributed by atoms with Gasteiger partial charge in [0.15, 0.2) is 0 Å². The standard InChI is InChI=1S/C12H9ClF3NO3/c13-8-5-6(12(14,15)16)1-2-7(8)10(18)17-4-3-9(17)11(19)20/h1-2,5,9H,3-4H2,(H,19,20). The molecule has 1 amide bonds. The fourth-order valence-corrected chi connectivity index (χ4v) is 2.17. The van der Waals surface area contributed by atoms with Gasteiger partial charge in [0, 0.05) is 6.54 Å². The Balaban J connectivity index is 2.26. The third kappa shape index (κ3) is 2.58. The summed E-state index contributed by atoms with van der Waals surface area (Å²) in [5, 5.41) is 8.50. The molecule has 20 heavy (non-hydrogen) atoms. The van der Waals surface area contributed by atoms with Crippen LogP contribution in [-0.2, 0) is 11.0 Å². The van der Waals surface area contributed by atoms with Crippen LogP contribution in [0.1, 0.15) is 22.3 Å². The van der Waals surface area contributed by atoms with Gasteiger partial charge < -0.3 is 10.0 Å². The van der Waals surface area contributed by atoms with Crippen molar-refractivity contribution in [3.8, 4) is 0 Å². The number of likely N-dealkylation sites (tertiary alicyclic amines) is 1. The molecule has 0 aliphatic carbocycles. The molecule has 1 unspecified atom stereocenters. The average molecular weight is 308 g/mol. The molecule has 0 radical (unpaired) electrons. The molecule has 1 fully saturated rings. The van der Waals surface area contributed by atoms with Crippen LogP contribution >= 0.6 is 11.6 Å². The van der Waals surface area contributed by atoms with Gasteiger partial charge in [-0.2, -0.15) is 13.2 Å². The van der Waals surface area contributed by atoms with Crippen LogP contribution in [0.15, 0.2) is 18.2 Å². The van der Waals surface area contributed by atoms with E-state index in [4.69, 9.17) is 16.7 Å². The molecule has 1 aromatic rings. The molecule has 1 heterocycles. The van der Waals surface area contributed by atoms with E-state index in [1.807, 2.05) is 0 Å². The lowest BCUT2D eigenvalue weighted by Gasteiger charge is -2.38. The Morgan fingerprint density at radius 2 is 2.00 bits per heavy atom. The molecule has 0 spiro atoms. The summed E-state index contributed by atoms with van der Waals surface area (Å²) in [5.74, 6) is -1.82. The maximum Gasteiger partial charge on any atom is 0.416 e. The molecular weight excluding hydrogens is 299 g/mol. The summed E-state index contributed by atoms with van der Waals surface area (Å²) in [4.78, 5) is 23.9. The predicted molar refractivity (Wildman–Crippen MR) is 63.5 cm³/mol. The first-order valence-corrected chi connectivity index (χ1v) is 6.00. The molecule has 8 heteroatoms. The number of carbonyl (C=O) groups is 2.